The van der Waals surface area contributed by atoms with Gasteiger partial charge in [0.05, 0.1) is 5.57 Å². The zero-order valence-electron chi connectivity index (χ0n) is 10.6. The Hall–Kier alpha value is -2.26. The van der Waals surface area contributed by atoms with Crippen LogP contribution in [-0.2, 0) is 10.3 Å². The van der Waals surface area contributed by atoms with Crippen molar-refractivity contribution in [2.24, 2.45) is 0 Å². The van der Waals surface area contributed by atoms with Crippen molar-refractivity contribution in [2.45, 2.75) is 19.4 Å². The van der Waals surface area contributed by atoms with Crippen LogP contribution < -0.4 is 0 Å². The second-order valence-corrected chi connectivity index (χ2v) is 5.39. The van der Waals surface area contributed by atoms with E-state index in [2.05, 4.69) is 10.1 Å². The molecule has 0 saturated carbocycles. The van der Waals surface area contributed by atoms with E-state index in [1.165, 1.54) is 28.7 Å². The molecule has 6 heteroatoms. The Balaban J connectivity index is 2.35. The zero-order valence-corrected chi connectivity index (χ0v) is 11.4. The number of hydrogen-bond acceptors (Lipinski definition) is 5. The Morgan fingerprint density at radius 2 is 2.37 bits per heavy atom. The predicted octanol–water partition coefficient (Wildman–Crippen LogP) is 2.25. The molecule has 2 aromatic heterocycles. The van der Waals surface area contributed by atoms with Crippen molar-refractivity contribution >= 4 is 23.2 Å². The molecule has 0 amide bonds. The highest BCUT2D eigenvalue weighted by molar-refractivity contribution is 7.10. The summed E-state index contributed by atoms with van der Waals surface area (Å²) in [5.41, 5.74) is -0.821. The van der Waals surface area contributed by atoms with E-state index in [1.807, 2.05) is 23.6 Å². The lowest BCUT2D eigenvalue weighted by atomic mass is 9.93. The molecule has 96 valence electrons. The van der Waals surface area contributed by atoms with Crippen LogP contribution in [0.5, 0.6) is 0 Å². The molecule has 0 aromatic carbocycles. The largest absolute Gasteiger partial charge is 0.291 e. The van der Waals surface area contributed by atoms with Crippen LogP contribution in [0.3, 0.4) is 0 Å². The van der Waals surface area contributed by atoms with Gasteiger partial charge in [-0.05, 0) is 31.4 Å². The summed E-state index contributed by atoms with van der Waals surface area (Å²) in [6.07, 6.45) is 4.44. The van der Waals surface area contributed by atoms with E-state index in [4.69, 9.17) is 0 Å². The van der Waals surface area contributed by atoms with Gasteiger partial charge in [-0.25, -0.2) is 9.67 Å². The third-order valence-corrected chi connectivity index (χ3v) is 3.56. The van der Waals surface area contributed by atoms with Gasteiger partial charge in [-0.15, -0.1) is 11.3 Å². The fourth-order valence-corrected chi connectivity index (χ4v) is 2.25. The number of Topliss-reactive ketones (excluding diaryl/α,β-unsaturated/α-hetero) is 1. The number of hydrogen-bond donors (Lipinski definition) is 0. The average molecular weight is 272 g/mol. The van der Waals surface area contributed by atoms with Crippen LogP contribution in [0.2, 0.25) is 0 Å². The molecule has 0 N–H and O–H groups in total. The van der Waals surface area contributed by atoms with Gasteiger partial charge in [0.25, 0.3) is 0 Å². The highest BCUT2D eigenvalue weighted by Crippen LogP contribution is 2.22. The van der Waals surface area contributed by atoms with Crippen molar-refractivity contribution in [3.8, 4) is 6.07 Å². The predicted molar refractivity (Wildman–Crippen MR) is 72.3 cm³/mol. The lowest BCUT2D eigenvalue weighted by molar-refractivity contribution is -0.122. The molecule has 0 unspecified atom stereocenters. The summed E-state index contributed by atoms with van der Waals surface area (Å²) in [4.78, 5) is 17.2. The normalized spacial score (nSPS) is 12.2. The van der Waals surface area contributed by atoms with Gasteiger partial charge >= 0.3 is 0 Å². The van der Waals surface area contributed by atoms with Gasteiger partial charge in [-0.2, -0.15) is 10.4 Å². The van der Waals surface area contributed by atoms with Crippen molar-refractivity contribution < 1.29 is 4.79 Å². The zero-order chi connectivity index (χ0) is 13.9. The Bertz CT molecular complexity index is 633. The van der Waals surface area contributed by atoms with Crippen LogP contribution in [0, 0.1) is 11.3 Å². The summed E-state index contributed by atoms with van der Waals surface area (Å²) in [5, 5.41) is 15.0. The van der Waals surface area contributed by atoms with Crippen LogP contribution in [0.1, 0.15) is 18.7 Å². The van der Waals surface area contributed by atoms with E-state index in [0.29, 0.717) is 0 Å². The molecule has 2 heterocycles. The molecule has 0 bridgehead atoms. The Kier molecular flexibility index (Phi) is 3.58. The summed E-state index contributed by atoms with van der Waals surface area (Å²) < 4.78 is 1.45. The Morgan fingerprint density at radius 3 is 2.89 bits per heavy atom. The molecular weight excluding hydrogens is 260 g/mol. The molecular formula is C13H12N4OS. The molecule has 0 fully saturated rings. The maximum absolute atomic E-state index is 12.4. The standard InChI is InChI=1S/C13H12N4OS/c1-13(2,17-9-15-8-16-17)12(18)10(7-14)6-11-4-3-5-19-11/h3-6,8-9H,1-2H3/b10-6+. The number of thiophene rings is 1. The highest BCUT2D eigenvalue weighted by Gasteiger charge is 2.33. The van der Waals surface area contributed by atoms with Crippen molar-refractivity contribution in [2.75, 3.05) is 0 Å². The number of aromatic nitrogens is 3. The SMILES string of the molecule is CC(C)(C(=O)/C(C#N)=C/c1cccs1)n1cncn1. The number of carbonyl (C=O) groups excluding carboxylic acids is 1. The van der Waals surface area contributed by atoms with E-state index in [9.17, 15) is 10.1 Å². The van der Waals surface area contributed by atoms with Gasteiger partial charge in [-0.1, -0.05) is 6.07 Å². The molecule has 0 radical (unpaired) electrons. The maximum Gasteiger partial charge on any atom is 0.200 e. The molecule has 19 heavy (non-hydrogen) atoms. The molecule has 0 aliphatic heterocycles. The first-order valence-corrected chi connectivity index (χ1v) is 6.49. The van der Waals surface area contributed by atoms with Gasteiger partial charge in [0.15, 0.2) is 5.78 Å². The van der Waals surface area contributed by atoms with Crippen LogP contribution >= 0.6 is 11.3 Å². The van der Waals surface area contributed by atoms with E-state index < -0.39 is 5.54 Å². The molecule has 0 atom stereocenters. The quantitative estimate of drug-likeness (QED) is 0.632. The Morgan fingerprint density at radius 1 is 1.58 bits per heavy atom. The van der Waals surface area contributed by atoms with Crippen LogP contribution in [0.25, 0.3) is 6.08 Å². The Labute approximate surface area is 114 Å². The number of nitrogens with zero attached hydrogens (tertiary/aromatic N) is 4. The number of nitriles is 1. The first kappa shape index (κ1) is 13.2. The number of rotatable bonds is 4. The first-order chi connectivity index (χ1) is 9.05. The maximum atomic E-state index is 12.4. The smallest absolute Gasteiger partial charge is 0.200 e. The van der Waals surface area contributed by atoms with Crippen molar-refractivity contribution in [3.63, 3.8) is 0 Å². The van der Waals surface area contributed by atoms with Crippen LogP contribution in [0.15, 0.2) is 35.7 Å². The summed E-state index contributed by atoms with van der Waals surface area (Å²) in [7, 11) is 0. The van der Waals surface area contributed by atoms with Gasteiger partial charge in [0.1, 0.15) is 24.3 Å². The summed E-state index contributed by atoms with van der Waals surface area (Å²) in [5.74, 6) is -0.283. The third kappa shape index (κ3) is 2.61. The fourth-order valence-electron chi connectivity index (χ4n) is 1.59. The first-order valence-electron chi connectivity index (χ1n) is 5.61. The van der Waals surface area contributed by atoms with Crippen LogP contribution in [-0.4, -0.2) is 20.5 Å². The van der Waals surface area contributed by atoms with Crippen molar-refractivity contribution in [3.05, 3.63) is 40.6 Å². The van der Waals surface area contributed by atoms with Gasteiger partial charge in [-0.3, -0.25) is 4.79 Å². The number of carbonyl (C=O) groups is 1. The molecule has 0 spiro atoms. The molecule has 0 aliphatic carbocycles. The summed E-state index contributed by atoms with van der Waals surface area (Å²) >= 11 is 1.48. The second kappa shape index (κ2) is 5.16. The molecule has 0 aliphatic rings. The highest BCUT2D eigenvalue weighted by atomic mass is 32.1. The summed E-state index contributed by atoms with van der Waals surface area (Å²) in [6.45, 7) is 3.42. The van der Waals surface area contributed by atoms with Crippen molar-refractivity contribution in [1.29, 1.82) is 5.26 Å². The summed E-state index contributed by atoms with van der Waals surface area (Å²) in [6, 6.07) is 5.70. The fraction of sp³-hybridized carbons (Fsp3) is 0.231. The van der Waals surface area contributed by atoms with E-state index in [0.717, 1.165) is 4.88 Å². The van der Waals surface area contributed by atoms with Gasteiger partial charge in [0, 0.05) is 4.88 Å². The molecule has 5 nitrogen and oxygen atoms in total. The minimum absolute atomic E-state index is 0.114. The topological polar surface area (TPSA) is 71.6 Å². The van der Waals surface area contributed by atoms with Crippen molar-refractivity contribution in [1.82, 2.24) is 14.8 Å². The second-order valence-electron chi connectivity index (χ2n) is 4.41. The monoisotopic (exact) mass is 272 g/mol. The minimum Gasteiger partial charge on any atom is -0.291 e. The minimum atomic E-state index is -0.935. The molecule has 2 aromatic rings. The van der Waals surface area contributed by atoms with E-state index >= 15 is 0 Å². The van der Waals surface area contributed by atoms with Gasteiger partial charge in [0.2, 0.25) is 0 Å². The average Bonchev–Trinajstić information content (AvgIpc) is 3.07. The van der Waals surface area contributed by atoms with Gasteiger partial charge < -0.3 is 0 Å². The van der Waals surface area contributed by atoms with E-state index in [1.54, 1.807) is 19.9 Å². The number of ketones is 1. The molecule has 2 rings (SSSR count). The van der Waals surface area contributed by atoms with E-state index in [-0.39, 0.29) is 11.4 Å². The third-order valence-electron chi connectivity index (χ3n) is 2.74. The number of allylic oxidation sites excluding steroid dienone is 1. The molecule has 0 saturated heterocycles. The lowest BCUT2D eigenvalue weighted by Gasteiger charge is -2.22. The lowest BCUT2D eigenvalue weighted by Crippen LogP contribution is -2.37. The van der Waals surface area contributed by atoms with Crippen LogP contribution in [0.4, 0.5) is 0 Å².